The molecule has 1 aliphatic heterocycles. The molecule has 0 spiro atoms. The number of unbranched alkanes of at least 4 members (excludes halogenated alkanes) is 2. The average Bonchev–Trinajstić information content (AvgIpc) is 2.82. The van der Waals surface area contributed by atoms with Crippen molar-refractivity contribution >= 4 is 18.3 Å². The van der Waals surface area contributed by atoms with Crippen molar-refractivity contribution in [3.8, 4) is 0 Å². The van der Waals surface area contributed by atoms with E-state index in [0.717, 1.165) is 38.4 Å². The van der Waals surface area contributed by atoms with Gasteiger partial charge in [0.1, 0.15) is 6.61 Å². The molecule has 108 valence electrons. The maximum atomic E-state index is 11.4. The summed E-state index contributed by atoms with van der Waals surface area (Å²) >= 11 is 0. The Kier molecular flexibility index (Phi) is 11.5. The molecule has 0 saturated carbocycles. The highest BCUT2D eigenvalue weighted by molar-refractivity contribution is 5.85. The van der Waals surface area contributed by atoms with Crippen LogP contribution in [0.4, 0.5) is 0 Å². The first-order valence-corrected chi connectivity index (χ1v) is 6.88. The zero-order chi connectivity index (χ0) is 12.3. The number of hydrogen-bond acceptors (Lipinski definition) is 3. The lowest BCUT2D eigenvalue weighted by atomic mass is 10.1. The molecular weight excluding hydrogens is 252 g/mol. The number of ether oxygens (including phenoxy) is 1. The molecule has 1 heterocycles. The Hall–Kier alpha value is -0.320. The molecule has 1 aliphatic rings. The zero-order valence-corrected chi connectivity index (χ0v) is 12.2. The van der Waals surface area contributed by atoms with Gasteiger partial charge in [-0.15, -0.1) is 12.4 Å². The van der Waals surface area contributed by atoms with Gasteiger partial charge in [-0.1, -0.05) is 19.8 Å². The van der Waals surface area contributed by atoms with Crippen LogP contribution in [-0.2, 0) is 9.53 Å². The van der Waals surface area contributed by atoms with Gasteiger partial charge in [-0.3, -0.25) is 4.79 Å². The van der Waals surface area contributed by atoms with Gasteiger partial charge in [-0.25, -0.2) is 0 Å². The Balaban J connectivity index is 0.00000289. The second-order valence-electron chi connectivity index (χ2n) is 4.76. The third-order valence-electron chi connectivity index (χ3n) is 3.16. The van der Waals surface area contributed by atoms with Crippen LogP contribution in [0, 0.1) is 5.92 Å². The highest BCUT2D eigenvalue weighted by Gasteiger charge is 2.13. The van der Waals surface area contributed by atoms with Gasteiger partial charge in [-0.2, -0.15) is 0 Å². The van der Waals surface area contributed by atoms with Crippen molar-refractivity contribution in [1.29, 1.82) is 0 Å². The molecule has 1 saturated heterocycles. The number of amides is 1. The predicted molar refractivity (Wildman–Crippen MR) is 76.2 cm³/mol. The number of hydrogen-bond donors (Lipinski definition) is 2. The molecule has 4 nitrogen and oxygen atoms in total. The van der Waals surface area contributed by atoms with Gasteiger partial charge in [0.25, 0.3) is 0 Å². The fraction of sp³-hybridized carbons (Fsp3) is 0.923. The van der Waals surface area contributed by atoms with E-state index >= 15 is 0 Å². The van der Waals surface area contributed by atoms with E-state index in [9.17, 15) is 4.79 Å². The Bertz CT molecular complexity index is 209. The van der Waals surface area contributed by atoms with E-state index in [1.807, 2.05) is 0 Å². The van der Waals surface area contributed by atoms with Gasteiger partial charge in [0.2, 0.25) is 5.91 Å². The molecule has 18 heavy (non-hydrogen) atoms. The molecule has 0 aromatic carbocycles. The quantitative estimate of drug-likeness (QED) is 0.632. The molecular formula is C13H27ClN2O2. The van der Waals surface area contributed by atoms with Crippen LogP contribution in [0.15, 0.2) is 0 Å². The van der Waals surface area contributed by atoms with Gasteiger partial charge in [0, 0.05) is 13.2 Å². The highest BCUT2D eigenvalue weighted by Crippen LogP contribution is 2.10. The Morgan fingerprint density at radius 1 is 1.44 bits per heavy atom. The van der Waals surface area contributed by atoms with Crippen molar-refractivity contribution in [1.82, 2.24) is 10.6 Å². The minimum Gasteiger partial charge on any atom is -0.372 e. The first-order chi connectivity index (χ1) is 8.33. The van der Waals surface area contributed by atoms with E-state index in [0.29, 0.717) is 6.61 Å². The monoisotopic (exact) mass is 278 g/mol. The molecule has 0 aromatic heterocycles. The summed E-state index contributed by atoms with van der Waals surface area (Å²) in [6.45, 7) is 6.08. The molecule has 1 atom stereocenters. The largest absolute Gasteiger partial charge is 0.372 e. The summed E-state index contributed by atoms with van der Waals surface area (Å²) in [4.78, 5) is 11.4. The van der Waals surface area contributed by atoms with Crippen LogP contribution in [0.2, 0.25) is 0 Å². The van der Waals surface area contributed by atoms with Crippen molar-refractivity contribution in [3.63, 3.8) is 0 Å². The first-order valence-electron chi connectivity index (χ1n) is 6.88. The second-order valence-corrected chi connectivity index (χ2v) is 4.76. The van der Waals surface area contributed by atoms with Crippen molar-refractivity contribution < 1.29 is 9.53 Å². The van der Waals surface area contributed by atoms with Crippen LogP contribution >= 0.6 is 12.4 Å². The fourth-order valence-corrected chi connectivity index (χ4v) is 2.05. The molecule has 5 heteroatoms. The van der Waals surface area contributed by atoms with E-state index in [2.05, 4.69) is 17.6 Å². The number of carbonyl (C=O) groups is 1. The molecule has 1 amide bonds. The lowest BCUT2D eigenvalue weighted by Crippen LogP contribution is -2.30. The Morgan fingerprint density at radius 2 is 2.28 bits per heavy atom. The van der Waals surface area contributed by atoms with Gasteiger partial charge in [-0.05, 0) is 38.3 Å². The number of carbonyl (C=O) groups excluding carboxylic acids is 1. The molecule has 1 fully saturated rings. The van der Waals surface area contributed by atoms with Crippen molar-refractivity contribution in [2.45, 2.75) is 39.0 Å². The standard InChI is InChI=1S/C13H26N2O2.ClH/c1-2-3-4-9-17-11-13(16)15-8-6-12-5-7-14-10-12;/h12,14H,2-11H2,1H3,(H,15,16);1H. The lowest BCUT2D eigenvalue weighted by molar-refractivity contribution is -0.125. The van der Waals surface area contributed by atoms with E-state index in [1.165, 1.54) is 19.3 Å². The summed E-state index contributed by atoms with van der Waals surface area (Å²) in [5.74, 6) is 0.758. The molecule has 0 aliphatic carbocycles. The number of halogens is 1. The van der Waals surface area contributed by atoms with Crippen LogP contribution in [-0.4, -0.2) is 38.8 Å². The van der Waals surface area contributed by atoms with Crippen LogP contribution in [0.3, 0.4) is 0 Å². The van der Waals surface area contributed by atoms with E-state index < -0.39 is 0 Å². The fourth-order valence-electron chi connectivity index (χ4n) is 2.05. The summed E-state index contributed by atoms with van der Waals surface area (Å²) in [6, 6.07) is 0. The molecule has 1 unspecified atom stereocenters. The van der Waals surface area contributed by atoms with Gasteiger partial charge < -0.3 is 15.4 Å². The topological polar surface area (TPSA) is 50.4 Å². The molecule has 0 aromatic rings. The van der Waals surface area contributed by atoms with Crippen molar-refractivity contribution in [2.75, 3.05) is 32.8 Å². The SMILES string of the molecule is CCCCCOCC(=O)NCCC1CCNC1.Cl. The van der Waals surface area contributed by atoms with Crippen LogP contribution < -0.4 is 10.6 Å². The van der Waals surface area contributed by atoms with Crippen molar-refractivity contribution in [3.05, 3.63) is 0 Å². The van der Waals surface area contributed by atoms with Crippen LogP contribution in [0.5, 0.6) is 0 Å². The summed E-state index contributed by atoms with van der Waals surface area (Å²) in [6.07, 6.45) is 5.73. The summed E-state index contributed by atoms with van der Waals surface area (Å²) < 4.78 is 5.30. The van der Waals surface area contributed by atoms with Crippen molar-refractivity contribution in [2.24, 2.45) is 5.92 Å². The molecule has 1 rings (SSSR count). The summed E-state index contributed by atoms with van der Waals surface area (Å²) in [5.41, 5.74) is 0. The highest BCUT2D eigenvalue weighted by atomic mass is 35.5. The van der Waals surface area contributed by atoms with E-state index in [-0.39, 0.29) is 24.9 Å². The Labute approximate surface area is 117 Å². The summed E-state index contributed by atoms with van der Waals surface area (Å²) in [7, 11) is 0. The molecule has 0 bridgehead atoms. The van der Waals surface area contributed by atoms with Gasteiger partial charge in [0.05, 0.1) is 0 Å². The Morgan fingerprint density at radius 3 is 2.94 bits per heavy atom. The zero-order valence-electron chi connectivity index (χ0n) is 11.4. The maximum absolute atomic E-state index is 11.4. The molecule has 2 N–H and O–H groups in total. The maximum Gasteiger partial charge on any atom is 0.245 e. The second kappa shape index (κ2) is 11.8. The van der Waals surface area contributed by atoms with E-state index in [1.54, 1.807) is 0 Å². The average molecular weight is 279 g/mol. The van der Waals surface area contributed by atoms with E-state index in [4.69, 9.17) is 4.74 Å². The third-order valence-corrected chi connectivity index (χ3v) is 3.16. The van der Waals surface area contributed by atoms with Crippen LogP contribution in [0.1, 0.15) is 39.0 Å². The smallest absolute Gasteiger partial charge is 0.245 e. The van der Waals surface area contributed by atoms with Crippen LogP contribution in [0.25, 0.3) is 0 Å². The lowest BCUT2D eigenvalue weighted by Gasteiger charge is -2.09. The van der Waals surface area contributed by atoms with Gasteiger partial charge >= 0.3 is 0 Å². The minimum atomic E-state index is 0. The molecule has 0 radical (unpaired) electrons. The third kappa shape index (κ3) is 8.72. The summed E-state index contributed by atoms with van der Waals surface area (Å²) in [5, 5.41) is 6.24. The normalized spacial score (nSPS) is 18.4. The minimum absolute atomic E-state index is 0. The number of nitrogens with one attached hydrogen (secondary N) is 2. The van der Waals surface area contributed by atoms with Gasteiger partial charge in [0.15, 0.2) is 0 Å². The predicted octanol–water partition coefficient (Wildman–Crippen LogP) is 1.73. The first kappa shape index (κ1) is 17.7. The number of rotatable bonds is 9.